The predicted molar refractivity (Wildman–Crippen MR) is 114 cm³/mol. The van der Waals surface area contributed by atoms with E-state index in [9.17, 15) is 17.4 Å². The van der Waals surface area contributed by atoms with Crippen LogP contribution in [0.5, 0.6) is 0 Å². The van der Waals surface area contributed by atoms with Crippen molar-refractivity contribution < 1.29 is 22.1 Å². The van der Waals surface area contributed by atoms with Crippen LogP contribution in [0.25, 0.3) is 0 Å². The van der Waals surface area contributed by atoms with Crippen LogP contribution in [0.2, 0.25) is 0 Å². The molecule has 2 aromatic rings. The molecule has 0 amide bonds. The molecule has 1 aliphatic heterocycles. The van der Waals surface area contributed by atoms with Crippen LogP contribution in [0.3, 0.4) is 0 Å². The molecule has 0 spiro atoms. The number of nitrogens with zero attached hydrogens (tertiary/aromatic N) is 4. The third kappa shape index (κ3) is 5.52. The lowest BCUT2D eigenvalue weighted by atomic mass is 9.83. The van der Waals surface area contributed by atoms with Gasteiger partial charge in [-0.15, -0.1) is 0 Å². The van der Waals surface area contributed by atoms with Crippen LogP contribution in [0, 0.1) is 0 Å². The van der Waals surface area contributed by atoms with E-state index in [0.29, 0.717) is 49.0 Å². The molecule has 0 radical (unpaired) electrons. The van der Waals surface area contributed by atoms with Gasteiger partial charge in [-0.1, -0.05) is 12.1 Å². The number of aromatic nitrogens is 3. The van der Waals surface area contributed by atoms with Crippen molar-refractivity contribution in [1.29, 1.82) is 0 Å². The molecule has 1 saturated heterocycles. The van der Waals surface area contributed by atoms with Gasteiger partial charge >= 0.3 is 17.8 Å². The first-order valence-electron chi connectivity index (χ1n) is 11.0. The summed E-state index contributed by atoms with van der Waals surface area (Å²) in [6.45, 7) is 1.16. The van der Waals surface area contributed by atoms with E-state index in [4.69, 9.17) is 4.74 Å². The van der Waals surface area contributed by atoms with Gasteiger partial charge in [0.1, 0.15) is 12.4 Å². The average molecular weight is 470 g/mol. The molecule has 0 bridgehead atoms. The van der Waals surface area contributed by atoms with Crippen molar-refractivity contribution in [1.82, 2.24) is 19.7 Å². The van der Waals surface area contributed by atoms with Gasteiger partial charge < -0.3 is 4.74 Å². The van der Waals surface area contributed by atoms with E-state index in [-0.39, 0.29) is 12.1 Å². The molecule has 10 heteroatoms. The summed E-state index contributed by atoms with van der Waals surface area (Å²) < 4.78 is 57.4. The Balaban J connectivity index is 1.43. The van der Waals surface area contributed by atoms with Crippen molar-refractivity contribution >= 4 is 11.7 Å². The van der Waals surface area contributed by atoms with Gasteiger partial charge in [0.25, 0.3) is 5.75 Å². The zero-order valence-corrected chi connectivity index (χ0v) is 18.8. The summed E-state index contributed by atoms with van der Waals surface area (Å²) in [4.78, 5) is 6.84. The Bertz CT molecular complexity index is 897. The molecule has 2 atom stereocenters. The van der Waals surface area contributed by atoms with Crippen LogP contribution < -0.4 is 0 Å². The smallest absolute Gasteiger partial charge is 0.369 e. The number of benzene rings is 1. The Kier molecular flexibility index (Phi) is 7.21. The molecule has 0 N–H and O–H groups in total. The lowest BCUT2D eigenvalue weighted by Gasteiger charge is -2.45. The van der Waals surface area contributed by atoms with E-state index in [1.807, 2.05) is 7.05 Å². The summed E-state index contributed by atoms with van der Waals surface area (Å²) >= 11 is 0.539. The second-order valence-electron chi connectivity index (χ2n) is 8.77. The quantitative estimate of drug-likeness (QED) is 0.605. The lowest BCUT2D eigenvalue weighted by molar-refractivity contribution is -0.137. The van der Waals surface area contributed by atoms with Gasteiger partial charge in [-0.2, -0.15) is 18.3 Å². The van der Waals surface area contributed by atoms with Gasteiger partial charge in [-0.05, 0) is 49.8 Å². The summed E-state index contributed by atoms with van der Waals surface area (Å²) in [6, 6.07) is 5.84. The van der Waals surface area contributed by atoms with E-state index in [1.165, 1.54) is 0 Å². The van der Waals surface area contributed by atoms with E-state index in [1.54, 1.807) is 23.1 Å². The molecule has 6 nitrogen and oxygen atoms in total. The van der Waals surface area contributed by atoms with Gasteiger partial charge in [-0.25, -0.2) is 4.98 Å². The van der Waals surface area contributed by atoms with Crippen LogP contribution in [0.1, 0.15) is 48.6 Å². The van der Waals surface area contributed by atoms with Crippen LogP contribution >= 0.6 is 0 Å². The molecule has 1 aliphatic carbocycles. The topological polar surface area (TPSA) is 60.2 Å². The molecule has 2 aliphatic rings. The van der Waals surface area contributed by atoms with Crippen molar-refractivity contribution in [3.63, 3.8) is 0 Å². The summed E-state index contributed by atoms with van der Waals surface area (Å²) in [5.41, 5.74) is 0.228. The number of alkyl halides is 3. The van der Waals surface area contributed by atoms with Gasteiger partial charge in [0.05, 0.1) is 12.2 Å². The second-order valence-corrected chi connectivity index (χ2v) is 9.34. The highest BCUT2D eigenvalue weighted by atomic mass is 32.1. The number of hydrogen-bond donors (Lipinski definition) is 0. The SMILES string of the molecule is Cn1cnc(C2CCC(N3C[C@H](C[S+]=O)OC[C@@H]3Cc3ccc(C(F)(F)F)cc3)CC2)n1. The molecular formula is C22H28F3N4O2S+. The zero-order chi connectivity index (χ0) is 22.7. The van der Waals surface area contributed by atoms with Crippen molar-refractivity contribution in [2.24, 2.45) is 7.05 Å². The Morgan fingerprint density at radius 2 is 1.88 bits per heavy atom. The number of ether oxygens (including phenoxy) is 1. The maximum atomic E-state index is 12.9. The Labute approximate surface area is 189 Å². The van der Waals surface area contributed by atoms with Crippen molar-refractivity contribution in [3.05, 3.63) is 47.5 Å². The van der Waals surface area contributed by atoms with E-state index in [0.717, 1.165) is 49.2 Å². The normalized spacial score (nSPS) is 27.4. The predicted octanol–water partition coefficient (Wildman–Crippen LogP) is 3.60. The van der Waals surface area contributed by atoms with Crippen LogP contribution in [-0.2, 0) is 40.3 Å². The summed E-state index contributed by atoms with van der Waals surface area (Å²) in [6.07, 6.45) is 1.92. The summed E-state index contributed by atoms with van der Waals surface area (Å²) in [5.74, 6) is 1.65. The second kappa shape index (κ2) is 9.93. The minimum absolute atomic E-state index is 0.0779. The first-order valence-corrected chi connectivity index (χ1v) is 11.9. The maximum absolute atomic E-state index is 12.9. The molecule has 2 fully saturated rings. The molecule has 32 heavy (non-hydrogen) atoms. The third-order valence-corrected chi connectivity index (χ3v) is 7.07. The maximum Gasteiger partial charge on any atom is 0.461 e. The Morgan fingerprint density at radius 1 is 1.16 bits per heavy atom. The molecule has 2 heterocycles. The van der Waals surface area contributed by atoms with Gasteiger partial charge in [0.15, 0.2) is 5.82 Å². The van der Waals surface area contributed by atoms with Gasteiger partial charge in [0, 0.05) is 35.8 Å². The van der Waals surface area contributed by atoms with E-state index in [2.05, 4.69) is 15.0 Å². The fourth-order valence-electron chi connectivity index (χ4n) is 4.89. The van der Waals surface area contributed by atoms with Gasteiger partial charge in [-0.3, -0.25) is 9.58 Å². The zero-order valence-electron chi connectivity index (χ0n) is 18.0. The molecule has 1 aromatic heterocycles. The monoisotopic (exact) mass is 469 g/mol. The molecule has 0 unspecified atom stereocenters. The van der Waals surface area contributed by atoms with Crippen molar-refractivity contribution in [2.75, 3.05) is 18.9 Å². The number of morpholine rings is 1. The number of rotatable bonds is 6. The fraction of sp³-hybridized carbons (Fsp3) is 0.636. The van der Waals surface area contributed by atoms with Crippen LogP contribution in [0.4, 0.5) is 13.2 Å². The lowest BCUT2D eigenvalue weighted by Crippen LogP contribution is -2.56. The number of hydrogen-bond acceptors (Lipinski definition) is 5. The molecule has 1 saturated carbocycles. The fourth-order valence-corrected chi connectivity index (χ4v) is 5.24. The minimum Gasteiger partial charge on any atom is -0.369 e. The Morgan fingerprint density at radius 3 is 2.47 bits per heavy atom. The standard InChI is InChI=1S/C22H28F3N4O2S/c1-28-14-26-21(27-28)16-4-8-18(9-5-16)29-11-20(13-32-30)31-12-19(29)10-15-2-6-17(7-3-15)22(23,24)25/h2-3,6-7,14,16,18-20H,4-5,8-13H2,1H3/q+1/t16?,18?,19-,20+/m0/s1. The third-order valence-electron chi connectivity index (χ3n) is 6.56. The molecule has 174 valence electrons. The minimum atomic E-state index is -4.33. The Hall–Kier alpha value is -1.91. The highest BCUT2D eigenvalue weighted by molar-refractivity contribution is 7.65. The highest BCUT2D eigenvalue weighted by Crippen LogP contribution is 2.35. The van der Waals surface area contributed by atoms with Crippen molar-refractivity contribution in [3.8, 4) is 0 Å². The van der Waals surface area contributed by atoms with Crippen molar-refractivity contribution in [2.45, 2.75) is 62.4 Å². The number of halogens is 3. The average Bonchev–Trinajstić information content (AvgIpc) is 3.21. The molecular weight excluding hydrogens is 441 g/mol. The molecule has 1 aromatic carbocycles. The highest BCUT2D eigenvalue weighted by Gasteiger charge is 2.38. The molecule has 4 rings (SSSR count). The van der Waals surface area contributed by atoms with E-state index >= 15 is 0 Å². The first kappa shape index (κ1) is 23.3. The van der Waals surface area contributed by atoms with E-state index < -0.39 is 11.7 Å². The van der Waals surface area contributed by atoms with Crippen LogP contribution in [0.15, 0.2) is 30.6 Å². The van der Waals surface area contributed by atoms with Gasteiger partial charge in [0.2, 0.25) is 0 Å². The van der Waals surface area contributed by atoms with Crippen LogP contribution in [-0.4, -0.2) is 56.8 Å². The number of aryl methyl sites for hydroxylation is 1. The summed E-state index contributed by atoms with van der Waals surface area (Å²) in [7, 11) is 1.87. The summed E-state index contributed by atoms with van der Waals surface area (Å²) in [5, 5.41) is 4.46. The largest absolute Gasteiger partial charge is 0.461 e. The first-order chi connectivity index (χ1) is 15.3.